The Morgan fingerprint density at radius 2 is 2.35 bits per heavy atom. The molecule has 1 rings (SSSR count). The predicted molar refractivity (Wildman–Crippen MR) is 65.5 cm³/mol. The van der Waals surface area contributed by atoms with E-state index in [0.29, 0.717) is 6.42 Å². The van der Waals surface area contributed by atoms with Crippen LogP contribution in [0.5, 0.6) is 0 Å². The van der Waals surface area contributed by atoms with Crippen LogP contribution in [0.1, 0.15) is 39.2 Å². The van der Waals surface area contributed by atoms with Crippen LogP contribution in [-0.2, 0) is 4.79 Å². The minimum absolute atomic E-state index is 0.0290. The number of carbonyl (C=O) groups excluding carboxylic acids is 1. The van der Waals surface area contributed by atoms with Gasteiger partial charge in [0.1, 0.15) is 0 Å². The van der Waals surface area contributed by atoms with Crippen LogP contribution >= 0.6 is 0 Å². The van der Waals surface area contributed by atoms with E-state index in [-0.39, 0.29) is 24.6 Å². The number of nitrogens with zero attached hydrogens (tertiary/aromatic N) is 2. The SMILES string of the molecule is CCCC(CC(=O)NC(C)CO)n1ccnc1. The maximum Gasteiger partial charge on any atom is 0.222 e. The molecule has 0 radical (unpaired) electrons. The number of amides is 1. The fourth-order valence-corrected chi connectivity index (χ4v) is 1.77. The molecule has 0 fully saturated rings. The second-order valence-electron chi connectivity index (χ2n) is 4.31. The van der Waals surface area contributed by atoms with Gasteiger partial charge in [-0.25, -0.2) is 4.98 Å². The lowest BCUT2D eigenvalue weighted by atomic mass is 10.1. The molecule has 0 aromatic carbocycles. The van der Waals surface area contributed by atoms with E-state index in [2.05, 4.69) is 17.2 Å². The lowest BCUT2D eigenvalue weighted by Gasteiger charge is -2.18. The number of hydrogen-bond donors (Lipinski definition) is 2. The number of rotatable bonds is 7. The molecule has 2 atom stereocenters. The monoisotopic (exact) mass is 239 g/mol. The minimum atomic E-state index is -0.187. The van der Waals surface area contributed by atoms with E-state index in [1.165, 1.54) is 0 Å². The topological polar surface area (TPSA) is 67.2 Å². The van der Waals surface area contributed by atoms with Crippen LogP contribution in [0.4, 0.5) is 0 Å². The third-order valence-electron chi connectivity index (χ3n) is 2.67. The van der Waals surface area contributed by atoms with Crippen LogP contribution in [0.15, 0.2) is 18.7 Å². The Bertz CT molecular complexity index is 325. The first kappa shape index (κ1) is 13.7. The number of imidazole rings is 1. The van der Waals surface area contributed by atoms with Gasteiger partial charge in [0.25, 0.3) is 0 Å². The van der Waals surface area contributed by atoms with E-state index in [0.717, 1.165) is 12.8 Å². The highest BCUT2D eigenvalue weighted by molar-refractivity contribution is 5.76. The smallest absolute Gasteiger partial charge is 0.222 e. The van der Waals surface area contributed by atoms with Gasteiger partial charge in [0.15, 0.2) is 0 Å². The average Bonchev–Trinajstić information content (AvgIpc) is 2.81. The van der Waals surface area contributed by atoms with Gasteiger partial charge in [-0.3, -0.25) is 4.79 Å². The van der Waals surface area contributed by atoms with Crippen LogP contribution in [0.25, 0.3) is 0 Å². The van der Waals surface area contributed by atoms with Crippen molar-refractivity contribution in [3.63, 3.8) is 0 Å². The van der Waals surface area contributed by atoms with Crippen LogP contribution in [0.3, 0.4) is 0 Å². The Morgan fingerprint density at radius 3 is 2.88 bits per heavy atom. The van der Waals surface area contributed by atoms with Gasteiger partial charge in [0, 0.05) is 30.9 Å². The molecule has 0 saturated carbocycles. The summed E-state index contributed by atoms with van der Waals surface area (Å²) < 4.78 is 1.96. The number of aliphatic hydroxyl groups excluding tert-OH is 1. The zero-order valence-electron chi connectivity index (χ0n) is 10.5. The summed E-state index contributed by atoms with van der Waals surface area (Å²) in [7, 11) is 0. The third-order valence-corrected chi connectivity index (χ3v) is 2.67. The van der Waals surface area contributed by atoms with Crippen molar-refractivity contribution in [1.29, 1.82) is 0 Å². The largest absolute Gasteiger partial charge is 0.394 e. The van der Waals surface area contributed by atoms with Crippen LogP contribution in [-0.4, -0.2) is 33.2 Å². The van der Waals surface area contributed by atoms with Gasteiger partial charge in [0.05, 0.1) is 12.9 Å². The number of hydrogen-bond acceptors (Lipinski definition) is 3. The van der Waals surface area contributed by atoms with Gasteiger partial charge in [-0.1, -0.05) is 13.3 Å². The number of carbonyl (C=O) groups is 1. The molecule has 2 unspecified atom stereocenters. The van der Waals surface area contributed by atoms with E-state index in [9.17, 15) is 4.79 Å². The summed E-state index contributed by atoms with van der Waals surface area (Å²) in [6, 6.07) is -0.0408. The van der Waals surface area contributed by atoms with Crippen molar-refractivity contribution in [2.24, 2.45) is 0 Å². The second kappa shape index (κ2) is 7.06. The first-order valence-corrected chi connectivity index (χ1v) is 6.05. The summed E-state index contributed by atoms with van der Waals surface area (Å²) >= 11 is 0. The first-order valence-electron chi connectivity index (χ1n) is 6.05. The normalized spacial score (nSPS) is 14.3. The Kier molecular flexibility index (Phi) is 5.69. The molecule has 0 saturated heterocycles. The van der Waals surface area contributed by atoms with Gasteiger partial charge in [0.2, 0.25) is 5.91 Å². The highest BCUT2D eigenvalue weighted by Gasteiger charge is 2.15. The van der Waals surface area contributed by atoms with E-state index in [1.54, 1.807) is 19.4 Å². The van der Waals surface area contributed by atoms with E-state index in [1.807, 2.05) is 10.8 Å². The highest BCUT2D eigenvalue weighted by Crippen LogP contribution is 2.17. The van der Waals surface area contributed by atoms with Crippen molar-refractivity contribution in [2.45, 2.75) is 45.2 Å². The molecule has 0 aliphatic heterocycles. The molecule has 0 bridgehead atoms. The third kappa shape index (κ3) is 4.56. The van der Waals surface area contributed by atoms with E-state index in [4.69, 9.17) is 5.11 Å². The molecule has 5 nitrogen and oxygen atoms in total. The van der Waals surface area contributed by atoms with Crippen molar-refractivity contribution in [1.82, 2.24) is 14.9 Å². The Hall–Kier alpha value is -1.36. The summed E-state index contributed by atoms with van der Waals surface area (Å²) in [5.74, 6) is -0.0290. The predicted octanol–water partition coefficient (Wildman–Crippen LogP) is 1.11. The van der Waals surface area contributed by atoms with E-state index < -0.39 is 0 Å². The molecule has 1 heterocycles. The second-order valence-corrected chi connectivity index (χ2v) is 4.31. The van der Waals surface area contributed by atoms with Crippen molar-refractivity contribution in [2.75, 3.05) is 6.61 Å². The van der Waals surface area contributed by atoms with Crippen molar-refractivity contribution in [3.05, 3.63) is 18.7 Å². The summed E-state index contributed by atoms with van der Waals surface area (Å²) in [5.41, 5.74) is 0. The number of nitrogens with one attached hydrogen (secondary N) is 1. The Labute approximate surface area is 102 Å². The Morgan fingerprint density at radius 1 is 1.59 bits per heavy atom. The molecule has 2 N–H and O–H groups in total. The summed E-state index contributed by atoms with van der Waals surface area (Å²) in [5, 5.41) is 11.6. The summed E-state index contributed by atoms with van der Waals surface area (Å²) in [6.45, 7) is 3.84. The molecule has 0 spiro atoms. The molecule has 5 heteroatoms. The molecule has 17 heavy (non-hydrogen) atoms. The first-order chi connectivity index (χ1) is 8.17. The van der Waals surface area contributed by atoms with Gasteiger partial charge in [-0.2, -0.15) is 0 Å². The minimum Gasteiger partial charge on any atom is -0.394 e. The molecule has 96 valence electrons. The zero-order valence-corrected chi connectivity index (χ0v) is 10.5. The van der Waals surface area contributed by atoms with Crippen LogP contribution in [0, 0.1) is 0 Å². The van der Waals surface area contributed by atoms with Crippen molar-refractivity contribution >= 4 is 5.91 Å². The van der Waals surface area contributed by atoms with Gasteiger partial charge >= 0.3 is 0 Å². The van der Waals surface area contributed by atoms with Gasteiger partial charge in [-0.05, 0) is 13.3 Å². The van der Waals surface area contributed by atoms with Crippen LogP contribution < -0.4 is 5.32 Å². The Balaban J connectivity index is 2.52. The molecule has 1 aromatic rings. The molecular weight excluding hydrogens is 218 g/mol. The zero-order chi connectivity index (χ0) is 12.7. The fraction of sp³-hybridized carbons (Fsp3) is 0.667. The number of aliphatic hydroxyl groups is 1. The maximum absolute atomic E-state index is 11.7. The lowest BCUT2D eigenvalue weighted by Crippen LogP contribution is -2.36. The van der Waals surface area contributed by atoms with Gasteiger partial charge < -0.3 is 15.0 Å². The van der Waals surface area contributed by atoms with Crippen LogP contribution in [0.2, 0.25) is 0 Å². The molecule has 1 amide bonds. The quantitative estimate of drug-likeness (QED) is 0.749. The summed E-state index contributed by atoms with van der Waals surface area (Å²) in [4.78, 5) is 15.7. The van der Waals surface area contributed by atoms with Crippen molar-refractivity contribution in [3.8, 4) is 0 Å². The molecular formula is C12H21N3O2. The molecule has 0 aliphatic carbocycles. The summed E-state index contributed by atoms with van der Waals surface area (Å²) in [6.07, 6.45) is 7.72. The molecule has 0 aliphatic rings. The van der Waals surface area contributed by atoms with E-state index >= 15 is 0 Å². The van der Waals surface area contributed by atoms with Gasteiger partial charge in [-0.15, -0.1) is 0 Å². The average molecular weight is 239 g/mol. The fourth-order valence-electron chi connectivity index (χ4n) is 1.77. The lowest BCUT2D eigenvalue weighted by molar-refractivity contribution is -0.122. The standard InChI is InChI=1S/C12H21N3O2/c1-3-4-11(15-6-5-13-9-15)7-12(17)14-10(2)8-16/h5-6,9-11,16H,3-4,7-8H2,1-2H3,(H,14,17). The highest BCUT2D eigenvalue weighted by atomic mass is 16.3. The number of aromatic nitrogens is 2. The maximum atomic E-state index is 11.7. The van der Waals surface area contributed by atoms with Crippen molar-refractivity contribution < 1.29 is 9.90 Å². The molecule has 1 aromatic heterocycles.